The number of fused-ring (bicyclic) bond motifs is 1. The van der Waals surface area contributed by atoms with E-state index >= 15 is 0 Å². The quantitative estimate of drug-likeness (QED) is 0.231. The number of sulfonamides is 1. The summed E-state index contributed by atoms with van der Waals surface area (Å²) < 4.78 is 53.1. The van der Waals surface area contributed by atoms with Gasteiger partial charge in [0.15, 0.2) is 15.0 Å². The Hall–Kier alpha value is -2.21. The van der Waals surface area contributed by atoms with Crippen LogP contribution in [0.5, 0.6) is 0 Å². The van der Waals surface area contributed by atoms with E-state index in [2.05, 4.69) is 32.2 Å². The van der Waals surface area contributed by atoms with E-state index in [9.17, 15) is 16.8 Å². The van der Waals surface area contributed by atoms with Gasteiger partial charge in [0.25, 0.3) is 0 Å². The number of anilines is 1. The zero-order chi connectivity index (χ0) is 23.5. The standard InChI is InChI=1S/C18H22N8O4S3/c1-8-2-3-11(15-14(8)22-18(19)31-15)10-4-5-12(32(27,28)9-6-21-7-9)16(33(20,29)30)13(10)17-23-25-26-24-17/h2-5,9,17,21,23-26H,6-7H2,1H3,(H2,19,22)(H2,20,29,30). The summed E-state index contributed by atoms with van der Waals surface area (Å²) in [5.74, 6) is 0. The Kier molecular flexibility index (Phi) is 5.43. The molecule has 0 atom stereocenters. The van der Waals surface area contributed by atoms with E-state index in [4.69, 9.17) is 10.9 Å². The van der Waals surface area contributed by atoms with Gasteiger partial charge in [-0.1, -0.05) is 29.5 Å². The van der Waals surface area contributed by atoms with Gasteiger partial charge in [-0.2, -0.15) is 11.1 Å². The van der Waals surface area contributed by atoms with E-state index in [1.165, 1.54) is 17.4 Å². The lowest BCUT2D eigenvalue weighted by molar-refractivity contribution is 0.491. The number of nitrogen functional groups attached to an aromatic ring is 1. The number of aromatic nitrogens is 1. The number of thiazole rings is 1. The zero-order valence-corrected chi connectivity index (χ0v) is 19.8. The third kappa shape index (κ3) is 3.71. The molecule has 2 aromatic carbocycles. The van der Waals surface area contributed by atoms with Gasteiger partial charge in [0, 0.05) is 24.2 Å². The highest BCUT2D eigenvalue weighted by molar-refractivity contribution is 7.94. The van der Waals surface area contributed by atoms with Crippen molar-refractivity contribution in [1.29, 1.82) is 0 Å². The van der Waals surface area contributed by atoms with E-state index in [-0.39, 0.29) is 23.5 Å². The van der Waals surface area contributed by atoms with Gasteiger partial charge in [-0.25, -0.2) is 37.8 Å². The molecule has 2 saturated heterocycles. The van der Waals surface area contributed by atoms with Crippen molar-refractivity contribution in [2.24, 2.45) is 5.14 Å². The summed E-state index contributed by atoms with van der Waals surface area (Å²) in [6.45, 7) is 2.38. The molecule has 2 aliphatic heterocycles. The summed E-state index contributed by atoms with van der Waals surface area (Å²) in [5.41, 5.74) is 19.9. The molecule has 0 bridgehead atoms. The van der Waals surface area contributed by atoms with Crippen LogP contribution in [0.1, 0.15) is 17.3 Å². The van der Waals surface area contributed by atoms with Crippen molar-refractivity contribution in [3.8, 4) is 11.1 Å². The van der Waals surface area contributed by atoms with Crippen LogP contribution in [0.15, 0.2) is 34.1 Å². The van der Waals surface area contributed by atoms with Gasteiger partial charge in [0.2, 0.25) is 10.0 Å². The zero-order valence-electron chi connectivity index (χ0n) is 17.3. The molecule has 33 heavy (non-hydrogen) atoms. The molecule has 2 fully saturated rings. The van der Waals surface area contributed by atoms with Gasteiger partial charge in [-0.3, -0.25) is 0 Å². The maximum absolute atomic E-state index is 13.3. The van der Waals surface area contributed by atoms with Gasteiger partial charge in [-0.05, 0) is 24.1 Å². The number of aryl methyl sites for hydroxylation is 1. The Morgan fingerprint density at radius 3 is 2.30 bits per heavy atom. The highest BCUT2D eigenvalue weighted by atomic mass is 32.2. The molecule has 1 aromatic heterocycles. The summed E-state index contributed by atoms with van der Waals surface area (Å²) in [4.78, 5) is 3.62. The minimum atomic E-state index is -4.46. The van der Waals surface area contributed by atoms with Crippen LogP contribution in [0.25, 0.3) is 21.3 Å². The lowest BCUT2D eigenvalue weighted by atomic mass is 9.96. The minimum absolute atomic E-state index is 0.167. The molecular formula is C18H22N8O4S3. The highest BCUT2D eigenvalue weighted by Gasteiger charge is 2.39. The Morgan fingerprint density at radius 2 is 1.70 bits per heavy atom. The van der Waals surface area contributed by atoms with Gasteiger partial charge in [0.1, 0.15) is 11.1 Å². The first-order chi connectivity index (χ1) is 15.6. The first-order valence-corrected chi connectivity index (χ1v) is 13.8. The normalized spacial score (nSPS) is 18.1. The predicted molar refractivity (Wildman–Crippen MR) is 125 cm³/mol. The second-order valence-electron chi connectivity index (χ2n) is 7.86. The van der Waals surface area contributed by atoms with Gasteiger partial charge in [0.05, 0.1) is 20.4 Å². The molecule has 0 radical (unpaired) electrons. The van der Waals surface area contributed by atoms with Crippen molar-refractivity contribution >= 4 is 46.5 Å². The fraction of sp³-hybridized carbons (Fsp3) is 0.278. The molecule has 0 amide bonds. The lowest BCUT2D eigenvalue weighted by Crippen LogP contribution is -2.51. The molecule has 176 valence electrons. The predicted octanol–water partition coefficient (Wildman–Crippen LogP) is -0.638. The molecule has 2 aliphatic rings. The van der Waals surface area contributed by atoms with E-state index in [0.29, 0.717) is 21.8 Å². The number of nitrogens with one attached hydrogen (secondary N) is 5. The maximum atomic E-state index is 13.3. The molecule has 5 rings (SSSR count). The van der Waals surface area contributed by atoms with Crippen molar-refractivity contribution in [3.63, 3.8) is 0 Å². The number of hydrogen-bond donors (Lipinski definition) is 7. The third-order valence-corrected chi connectivity index (χ3v) is 9.99. The van der Waals surface area contributed by atoms with Crippen LogP contribution in [0.3, 0.4) is 0 Å². The third-order valence-electron chi connectivity index (χ3n) is 5.77. The molecule has 9 N–H and O–H groups in total. The van der Waals surface area contributed by atoms with Gasteiger partial charge < -0.3 is 11.1 Å². The summed E-state index contributed by atoms with van der Waals surface area (Å²) in [6.07, 6.45) is -0.815. The number of rotatable bonds is 5. The fourth-order valence-corrected chi connectivity index (χ4v) is 8.21. The number of benzene rings is 2. The van der Waals surface area contributed by atoms with Crippen LogP contribution < -0.4 is 38.1 Å². The largest absolute Gasteiger partial charge is 0.375 e. The molecular weight excluding hydrogens is 488 g/mol. The van der Waals surface area contributed by atoms with Crippen LogP contribution in [0.2, 0.25) is 0 Å². The van der Waals surface area contributed by atoms with Crippen molar-refractivity contribution in [1.82, 2.24) is 32.2 Å². The summed E-state index contributed by atoms with van der Waals surface area (Å²) >= 11 is 1.27. The van der Waals surface area contributed by atoms with Crippen molar-refractivity contribution in [3.05, 3.63) is 35.4 Å². The van der Waals surface area contributed by atoms with Crippen molar-refractivity contribution in [2.45, 2.75) is 28.1 Å². The van der Waals surface area contributed by atoms with Crippen molar-refractivity contribution in [2.75, 3.05) is 18.8 Å². The first kappa shape index (κ1) is 22.6. The highest BCUT2D eigenvalue weighted by Crippen LogP contribution is 2.42. The minimum Gasteiger partial charge on any atom is -0.375 e. The van der Waals surface area contributed by atoms with Crippen LogP contribution in [0.4, 0.5) is 5.13 Å². The van der Waals surface area contributed by atoms with Crippen LogP contribution in [-0.2, 0) is 19.9 Å². The molecule has 12 nitrogen and oxygen atoms in total. The summed E-state index contributed by atoms with van der Waals surface area (Å²) in [7, 11) is -8.42. The van der Waals surface area contributed by atoms with Crippen LogP contribution in [-0.4, -0.2) is 40.2 Å². The molecule has 0 unspecified atom stereocenters. The SMILES string of the molecule is Cc1ccc(-c2ccc(S(=O)(=O)C3CNC3)c(S(N)(=O)=O)c2C2NNNN2)c2sc(N)nc12. The Bertz CT molecular complexity index is 1480. The van der Waals surface area contributed by atoms with E-state index in [0.717, 1.165) is 10.3 Å². The second-order valence-corrected chi connectivity index (χ2v) is 12.6. The van der Waals surface area contributed by atoms with E-state index in [1.54, 1.807) is 6.07 Å². The average Bonchev–Trinajstić information content (AvgIpc) is 3.34. The number of nitrogens with zero attached hydrogens (tertiary/aromatic N) is 1. The first-order valence-electron chi connectivity index (χ1n) is 9.90. The fourth-order valence-electron chi connectivity index (χ4n) is 4.04. The monoisotopic (exact) mass is 510 g/mol. The van der Waals surface area contributed by atoms with Crippen LogP contribution in [0, 0.1) is 6.92 Å². The Morgan fingerprint density at radius 1 is 1.03 bits per heavy atom. The molecule has 3 heterocycles. The van der Waals surface area contributed by atoms with Gasteiger partial charge in [-0.15, -0.1) is 0 Å². The molecule has 15 heteroatoms. The number of hydrazine groups is 3. The molecule has 0 aliphatic carbocycles. The number of primary sulfonamides is 1. The number of nitrogens with two attached hydrogens (primary N) is 2. The molecule has 0 spiro atoms. The van der Waals surface area contributed by atoms with Crippen molar-refractivity contribution < 1.29 is 16.8 Å². The van der Waals surface area contributed by atoms with E-state index in [1.807, 2.05) is 19.1 Å². The second kappa shape index (κ2) is 7.93. The van der Waals surface area contributed by atoms with E-state index < -0.39 is 36.2 Å². The summed E-state index contributed by atoms with van der Waals surface area (Å²) in [6, 6.07) is 6.61. The number of sulfone groups is 1. The smallest absolute Gasteiger partial charge is 0.239 e. The lowest BCUT2D eigenvalue weighted by Gasteiger charge is -2.29. The molecule has 0 saturated carbocycles. The number of hydrogen-bond acceptors (Lipinski definition) is 12. The topological polar surface area (TPSA) is 193 Å². The molecule has 3 aromatic rings. The summed E-state index contributed by atoms with van der Waals surface area (Å²) in [5, 5.41) is 8.18. The Balaban J connectivity index is 1.87. The average molecular weight is 511 g/mol. The van der Waals surface area contributed by atoms with Crippen LogP contribution >= 0.6 is 11.3 Å². The Labute approximate surface area is 194 Å². The van der Waals surface area contributed by atoms with Gasteiger partial charge >= 0.3 is 0 Å². The maximum Gasteiger partial charge on any atom is 0.239 e.